The molecule has 3 rings (SSSR count). The zero-order chi connectivity index (χ0) is 16.3. The van der Waals surface area contributed by atoms with Crippen LogP contribution >= 0.6 is 0 Å². The van der Waals surface area contributed by atoms with E-state index in [-0.39, 0.29) is 30.1 Å². The molecule has 0 aromatic heterocycles. The number of nitrogens with one attached hydrogen (secondary N) is 2. The lowest BCUT2D eigenvalue weighted by atomic mass is 9.72. The third-order valence-electron chi connectivity index (χ3n) is 5.13. The summed E-state index contributed by atoms with van der Waals surface area (Å²) in [5.41, 5.74) is 0.531. The summed E-state index contributed by atoms with van der Waals surface area (Å²) in [6.07, 6.45) is 6.77. The Labute approximate surface area is 135 Å². The summed E-state index contributed by atoms with van der Waals surface area (Å²) in [6, 6.07) is 6.30. The van der Waals surface area contributed by atoms with E-state index in [4.69, 9.17) is 0 Å². The van der Waals surface area contributed by atoms with Crippen molar-refractivity contribution in [3.8, 4) is 0 Å². The van der Waals surface area contributed by atoms with Gasteiger partial charge in [0.1, 0.15) is 5.82 Å². The number of amides is 2. The van der Waals surface area contributed by atoms with E-state index in [0.717, 1.165) is 50.5 Å². The molecule has 0 saturated heterocycles. The summed E-state index contributed by atoms with van der Waals surface area (Å²) >= 11 is 0. The average molecular weight is 318 g/mol. The smallest absolute Gasteiger partial charge is 0.240 e. The Morgan fingerprint density at radius 2 is 1.74 bits per heavy atom. The predicted octanol–water partition coefficient (Wildman–Crippen LogP) is 2.63. The van der Waals surface area contributed by atoms with Crippen LogP contribution < -0.4 is 10.6 Å². The van der Waals surface area contributed by atoms with Crippen LogP contribution in [0, 0.1) is 11.7 Å². The highest BCUT2D eigenvalue weighted by Crippen LogP contribution is 2.41. The van der Waals surface area contributed by atoms with Crippen molar-refractivity contribution in [3.05, 3.63) is 35.6 Å². The quantitative estimate of drug-likeness (QED) is 0.877. The van der Waals surface area contributed by atoms with Crippen LogP contribution in [-0.2, 0) is 15.1 Å². The number of rotatable bonds is 5. The maximum atomic E-state index is 13.1. The first kappa shape index (κ1) is 16.0. The van der Waals surface area contributed by atoms with Crippen molar-refractivity contribution >= 4 is 11.8 Å². The lowest BCUT2D eigenvalue weighted by molar-refractivity contribution is -0.129. The van der Waals surface area contributed by atoms with Crippen molar-refractivity contribution in [1.82, 2.24) is 10.6 Å². The van der Waals surface area contributed by atoms with E-state index in [9.17, 15) is 14.0 Å². The lowest BCUT2D eigenvalue weighted by Gasteiger charge is -2.43. The average Bonchev–Trinajstić information content (AvgIpc) is 3.04. The lowest BCUT2D eigenvalue weighted by Crippen LogP contribution is -2.53. The molecule has 0 atom stereocenters. The first-order valence-corrected chi connectivity index (χ1v) is 8.44. The number of benzene rings is 1. The Balaban J connectivity index is 1.55. The summed E-state index contributed by atoms with van der Waals surface area (Å²) < 4.78 is 13.1. The van der Waals surface area contributed by atoms with E-state index in [2.05, 4.69) is 10.6 Å². The standard InChI is InChI=1S/C18H23FN2O2/c19-15-8-6-14(7-9-15)18(10-3-11-18)21-16(22)12-20-17(23)13-4-1-2-5-13/h6-9,13H,1-5,10-12H2,(H,20,23)(H,21,22). The molecule has 4 nitrogen and oxygen atoms in total. The molecule has 23 heavy (non-hydrogen) atoms. The molecule has 2 N–H and O–H groups in total. The number of halogens is 1. The zero-order valence-electron chi connectivity index (χ0n) is 13.2. The van der Waals surface area contributed by atoms with Crippen LogP contribution in [0.3, 0.4) is 0 Å². The van der Waals surface area contributed by atoms with Crippen molar-refractivity contribution in [2.24, 2.45) is 5.92 Å². The van der Waals surface area contributed by atoms with Crippen LogP contribution in [0.5, 0.6) is 0 Å². The van der Waals surface area contributed by atoms with Crippen LogP contribution in [0.4, 0.5) is 4.39 Å². The zero-order valence-corrected chi connectivity index (χ0v) is 13.2. The molecule has 1 aromatic rings. The van der Waals surface area contributed by atoms with E-state index >= 15 is 0 Å². The molecule has 2 fully saturated rings. The minimum atomic E-state index is -0.400. The van der Waals surface area contributed by atoms with Crippen molar-refractivity contribution in [1.29, 1.82) is 0 Å². The Morgan fingerprint density at radius 3 is 2.30 bits per heavy atom. The molecule has 0 bridgehead atoms. The highest BCUT2D eigenvalue weighted by molar-refractivity contribution is 5.86. The molecule has 2 amide bonds. The van der Waals surface area contributed by atoms with Gasteiger partial charge in [-0.1, -0.05) is 25.0 Å². The molecular weight excluding hydrogens is 295 g/mol. The second-order valence-corrected chi connectivity index (χ2v) is 6.69. The molecular formula is C18H23FN2O2. The fourth-order valence-electron chi connectivity index (χ4n) is 3.60. The number of hydrogen-bond acceptors (Lipinski definition) is 2. The van der Waals surface area contributed by atoms with Crippen molar-refractivity contribution in [2.45, 2.75) is 50.5 Å². The number of carbonyl (C=O) groups excluding carboxylic acids is 2. The fourth-order valence-corrected chi connectivity index (χ4v) is 3.60. The van der Waals surface area contributed by atoms with E-state index in [1.807, 2.05) is 0 Å². The molecule has 0 spiro atoms. The largest absolute Gasteiger partial charge is 0.347 e. The molecule has 5 heteroatoms. The number of hydrogen-bond donors (Lipinski definition) is 2. The topological polar surface area (TPSA) is 58.2 Å². The van der Waals surface area contributed by atoms with Crippen molar-refractivity contribution in [3.63, 3.8) is 0 Å². The minimum Gasteiger partial charge on any atom is -0.347 e. The maximum Gasteiger partial charge on any atom is 0.240 e. The van der Waals surface area contributed by atoms with Gasteiger partial charge in [0.2, 0.25) is 11.8 Å². The van der Waals surface area contributed by atoms with Gasteiger partial charge in [-0.15, -0.1) is 0 Å². The van der Waals surface area contributed by atoms with E-state index < -0.39 is 5.54 Å². The first-order chi connectivity index (χ1) is 11.1. The van der Waals surface area contributed by atoms with E-state index in [1.165, 1.54) is 12.1 Å². The Bertz CT molecular complexity index is 575. The second-order valence-electron chi connectivity index (χ2n) is 6.69. The van der Waals surface area contributed by atoms with Crippen LogP contribution in [0.15, 0.2) is 24.3 Å². The summed E-state index contributed by atoms with van der Waals surface area (Å²) in [5.74, 6) is -0.404. The molecule has 0 heterocycles. The van der Waals surface area contributed by atoms with E-state index in [0.29, 0.717) is 0 Å². The first-order valence-electron chi connectivity index (χ1n) is 8.44. The molecule has 0 radical (unpaired) electrons. The van der Waals surface area contributed by atoms with Gasteiger partial charge in [0.25, 0.3) is 0 Å². The van der Waals surface area contributed by atoms with Gasteiger partial charge in [0.15, 0.2) is 0 Å². The highest BCUT2D eigenvalue weighted by atomic mass is 19.1. The third-order valence-corrected chi connectivity index (χ3v) is 5.13. The normalized spacial score (nSPS) is 19.9. The van der Waals surface area contributed by atoms with Gasteiger partial charge >= 0.3 is 0 Å². The van der Waals surface area contributed by atoms with Gasteiger partial charge in [-0.2, -0.15) is 0 Å². The van der Waals surface area contributed by atoms with Gasteiger partial charge < -0.3 is 10.6 Å². The van der Waals surface area contributed by atoms with Crippen LogP contribution in [0.25, 0.3) is 0 Å². The minimum absolute atomic E-state index is 0.0120. The van der Waals surface area contributed by atoms with Gasteiger partial charge in [-0.05, 0) is 49.8 Å². The van der Waals surface area contributed by atoms with Crippen molar-refractivity contribution < 1.29 is 14.0 Å². The van der Waals surface area contributed by atoms with Crippen LogP contribution in [0.2, 0.25) is 0 Å². The van der Waals surface area contributed by atoms with Gasteiger partial charge in [0, 0.05) is 5.92 Å². The van der Waals surface area contributed by atoms with Gasteiger partial charge in [-0.3, -0.25) is 9.59 Å². The molecule has 2 saturated carbocycles. The Hall–Kier alpha value is -1.91. The third kappa shape index (κ3) is 3.54. The molecule has 1 aromatic carbocycles. The molecule has 0 aliphatic heterocycles. The van der Waals surface area contributed by atoms with Gasteiger partial charge in [-0.25, -0.2) is 4.39 Å². The highest BCUT2D eigenvalue weighted by Gasteiger charge is 2.40. The van der Waals surface area contributed by atoms with Crippen molar-refractivity contribution in [2.75, 3.05) is 6.54 Å². The SMILES string of the molecule is O=C(CNC(=O)C1CCCC1)NC1(c2ccc(F)cc2)CCC1. The predicted molar refractivity (Wildman–Crippen MR) is 85.0 cm³/mol. The molecule has 2 aliphatic rings. The number of carbonyl (C=O) groups is 2. The Kier molecular flexibility index (Phi) is 4.64. The summed E-state index contributed by atoms with van der Waals surface area (Å²) in [7, 11) is 0. The fraction of sp³-hybridized carbons (Fsp3) is 0.556. The monoisotopic (exact) mass is 318 g/mol. The van der Waals surface area contributed by atoms with Crippen LogP contribution in [-0.4, -0.2) is 18.4 Å². The van der Waals surface area contributed by atoms with Gasteiger partial charge in [0.05, 0.1) is 12.1 Å². The summed E-state index contributed by atoms with van der Waals surface area (Å²) in [6.45, 7) is 0.0122. The second kappa shape index (κ2) is 6.69. The maximum absolute atomic E-state index is 13.1. The van der Waals surface area contributed by atoms with Crippen LogP contribution in [0.1, 0.15) is 50.5 Å². The summed E-state index contributed by atoms with van der Waals surface area (Å²) in [4.78, 5) is 24.2. The molecule has 2 aliphatic carbocycles. The van der Waals surface area contributed by atoms with E-state index in [1.54, 1.807) is 12.1 Å². The Morgan fingerprint density at radius 1 is 1.09 bits per heavy atom. The summed E-state index contributed by atoms with van der Waals surface area (Å²) in [5, 5.41) is 5.78. The molecule has 124 valence electrons. The molecule has 0 unspecified atom stereocenters.